The molecule has 1 aliphatic heterocycles. The molecule has 156 valence electrons. The van der Waals surface area contributed by atoms with Gasteiger partial charge in [-0.15, -0.1) is 11.3 Å². The van der Waals surface area contributed by atoms with Gasteiger partial charge in [-0.3, -0.25) is 4.79 Å². The predicted octanol–water partition coefficient (Wildman–Crippen LogP) is 6.62. The summed E-state index contributed by atoms with van der Waals surface area (Å²) in [6.07, 6.45) is 3.27. The fourth-order valence-corrected chi connectivity index (χ4v) is 5.30. The Balaban J connectivity index is 1.47. The SMILES string of the molecule is Cc1cc(C)c(OCc2csc(C(=O)N3CCCCC3c3ccccc3)c2)c(C)c1. The Bertz CT molecular complexity index is 1000. The van der Waals surface area contributed by atoms with E-state index in [-0.39, 0.29) is 11.9 Å². The van der Waals surface area contributed by atoms with Crippen molar-refractivity contribution in [3.05, 3.63) is 86.6 Å². The molecule has 0 radical (unpaired) electrons. The van der Waals surface area contributed by atoms with Gasteiger partial charge in [0, 0.05) is 12.1 Å². The number of carbonyl (C=O) groups is 1. The van der Waals surface area contributed by atoms with Crippen LogP contribution in [0.2, 0.25) is 0 Å². The van der Waals surface area contributed by atoms with Crippen molar-refractivity contribution in [3.63, 3.8) is 0 Å². The quantitative estimate of drug-likeness (QED) is 0.465. The molecule has 2 heterocycles. The van der Waals surface area contributed by atoms with E-state index in [1.807, 2.05) is 17.5 Å². The largest absolute Gasteiger partial charge is 0.488 e. The molecule has 1 fully saturated rings. The second-order valence-electron chi connectivity index (χ2n) is 8.26. The summed E-state index contributed by atoms with van der Waals surface area (Å²) >= 11 is 1.52. The Kier molecular flexibility index (Phi) is 6.24. The number of hydrogen-bond donors (Lipinski definition) is 0. The van der Waals surface area contributed by atoms with Gasteiger partial charge in [0.1, 0.15) is 12.4 Å². The van der Waals surface area contributed by atoms with Crippen LogP contribution in [-0.4, -0.2) is 17.4 Å². The molecule has 30 heavy (non-hydrogen) atoms. The lowest BCUT2D eigenvalue weighted by Gasteiger charge is -2.36. The summed E-state index contributed by atoms with van der Waals surface area (Å²) in [4.78, 5) is 16.2. The smallest absolute Gasteiger partial charge is 0.264 e. The highest BCUT2D eigenvalue weighted by atomic mass is 32.1. The van der Waals surface area contributed by atoms with Crippen molar-refractivity contribution in [1.29, 1.82) is 0 Å². The first-order valence-electron chi connectivity index (χ1n) is 10.7. The Morgan fingerprint density at radius 3 is 2.53 bits per heavy atom. The first-order chi connectivity index (χ1) is 14.5. The summed E-state index contributed by atoms with van der Waals surface area (Å²) in [5.41, 5.74) is 5.83. The molecule has 4 rings (SSSR count). The summed E-state index contributed by atoms with van der Waals surface area (Å²) in [6.45, 7) is 7.57. The van der Waals surface area contributed by atoms with E-state index in [9.17, 15) is 4.79 Å². The van der Waals surface area contributed by atoms with Crippen molar-refractivity contribution in [2.45, 2.75) is 52.7 Å². The molecule has 3 nitrogen and oxygen atoms in total. The van der Waals surface area contributed by atoms with Gasteiger partial charge in [-0.05, 0) is 68.2 Å². The highest BCUT2D eigenvalue weighted by Gasteiger charge is 2.29. The normalized spacial score (nSPS) is 16.5. The zero-order chi connectivity index (χ0) is 21.1. The molecule has 0 N–H and O–H groups in total. The molecule has 0 bridgehead atoms. The van der Waals surface area contributed by atoms with Gasteiger partial charge < -0.3 is 9.64 Å². The van der Waals surface area contributed by atoms with Crippen molar-refractivity contribution in [1.82, 2.24) is 4.90 Å². The number of amides is 1. The lowest BCUT2D eigenvalue weighted by molar-refractivity contribution is 0.0616. The second-order valence-corrected chi connectivity index (χ2v) is 9.17. The van der Waals surface area contributed by atoms with Gasteiger partial charge in [0.25, 0.3) is 5.91 Å². The maximum atomic E-state index is 13.3. The fraction of sp³-hybridized carbons (Fsp3) is 0.346. The van der Waals surface area contributed by atoms with Crippen molar-refractivity contribution in [3.8, 4) is 5.75 Å². The Morgan fingerprint density at radius 1 is 1.07 bits per heavy atom. The molecule has 1 amide bonds. The zero-order valence-electron chi connectivity index (χ0n) is 18.0. The molecule has 0 saturated carbocycles. The number of hydrogen-bond acceptors (Lipinski definition) is 3. The topological polar surface area (TPSA) is 29.5 Å². The average Bonchev–Trinajstić information content (AvgIpc) is 3.22. The van der Waals surface area contributed by atoms with Gasteiger partial charge in [-0.25, -0.2) is 0 Å². The molecule has 3 aromatic rings. The summed E-state index contributed by atoms with van der Waals surface area (Å²) < 4.78 is 6.12. The lowest BCUT2D eigenvalue weighted by Crippen LogP contribution is -2.38. The van der Waals surface area contributed by atoms with Crippen LogP contribution in [0.15, 0.2) is 53.9 Å². The number of nitrogens with zero attached hydrogens (tertiary/aromatic N) is 1. The fourth-order valence-electron chi connectivity index (χ4n) is 4.45. The number of aryl methyl sites for hydroxylation is 3. The van der Waals surface area contributed by atoms with Crippen LogP contribution >= 0.6 is 11.3 Å². The zero-order valence-corrected chi connectivity index (χ0v) is 18.8. The van der Waals surface area contributed by atoms with Crippen LogP contribution < -0.4 is 4.74 Å². The number of likely N-dealkylation sites (tertiary alicyclic amines) is 1. The van der Waals surface area contributed by atoms with Crippen molar-refractivity contribution in [2.24, 2.45) is 0 Å². The summed E-state index contributed by atoms with van der Waals surface area (Å²) in [5, 5.41) is 2.05. The first kappa shape index (κ1) is 20.7. The second kappa shape index (κ2) is 9.05. The highest BCUT2D eigenvalue weighted by Crippen LogP contribution is 2.33. The minimum Gasteiger partial charge on any atom is -0.488 e. The van der Waals surface area contributed by atoms with Crippen molar-refractivity contribution >= 4 is 17.2 Å². The number of piperidine rings is 1. The van der Waals surface area contributed by atoms with E-state index in [1.54, 1.807) is 0 Å². The van der Waals surface area contributed by atoms with E-state index in [2.05, 4.69) is 62.1 Å². The predicted molar refractivity (Wildman–Crippen MR) is 123 cm³/mol. The molecule has 1 unspecified atom stereocenters. The van der Waals surface area contributed by atoms with Crippen LogP contribution in [0.5, 0.6) is 5.75 Å². The van der Waals surface area contributed by atoms with Gasteiger partial charge in [0.2, 0.25) is 0 Å². The van der Waals surface area contributed by atoms with Crippen molar-refractivity contribution < 1.29 is 9.53 Å². The molecule has 1 aliphatic rings. The van der Waals surface area contributed by atoms with E-state index in [1.165, 1.54) is 28.9 Å². The van der Waals surface area contributed by atoms with Crippen LogP contribution in [0.3, 0.4) is 0 Å². The third-order valence-electron chi connectivity index (χ3n) is 5.80. The molecule has 2 aromatic carbocycles. The number of rotatable bonds is 5. The third-order valence-corrected chi connectivity index (χ3v) is 6.77. The molecular weight excluding hydrogens is 390 g/mol. The van der Waals surface area contributed by atoms with Crippen molar-refractivity contribution in [2.75, 3.05) is 6.54 Å². The number of ether oxygens (including phenoxy) is 1. The molecule has 1 atom stereocenters. The Hall–Kier alpha value is -2.59. The average molecular weight is 420 g/mol. The third kappa shape index (κ3) is 4.44. The van der Waals surface area contributed by atoms with Gasteiger partial charge in [-0.1, -0.05) is 48.0 Å². The van der Waals surface area contributed by atoms with Gasteiger partial charge in [-0.2, -0.15) is 0 Å². The molecule has 0 spiro atoms. The minimum absolute atomic E-state index is 0.141. The number of carbonyl (C=O) groups excluding carboxylic acids is 1. The summed E-state index contributed by atoms with van der Waals surface area (Å²) in [5.74, 6) is 1.09. The van der Waals surface area contributed by atoms with Crippen LogP contribution in [-0.2, 0) is 6.61 Å². The van der Waals surface area contributed by atoms with Gasteiger partial charge >= 0.3 is 0 Å². The first-order valence-corrected chi connectivity index (χ1v) is 11.5. The summed E-state index contributed by atoms with van der Waals surface area (Å²) in [6, 6.07) is 16.9. The van der Waals surface area contributed by atoms with E-state index < -0.39 is 0 Å². The molecule has 4 heteroatoms. The lowest BCUT2D eigenvalue weighted by atomic mass is 9.95. The minimum atomic E-state index is 0.141. The molecule has 1 aromatic heterocycles. The standard InChI is InChI=1S/C26H29NO2S/c1-18-13-19(2)25(20(3)14-18)29-16-21-15-24(30-17-21)26(28)27-12-8-7-11-23(27)22-9-5-4-6-10-22/h4-6,9-10,13-15,17,23H,7-8,11-12,16H2,1-3H3. The summed E-state index contributed by atoms with van der Waals surface area (Å²) in [7, 11) is 0. The Morgan fingerprint density at radius 2 is 1.80 bits per heavy atom. The monoisotopic (exact) mass is 419 g/mol. The molecule has 1 saturated heterocycles. The molecular formula is C26H29NO2S. The number of thiophene rings is 1. The van der Waals surface area contributed by atoms with Crippen LogP contribution in [0, 0.1) is 20.8 Å². The van der Waals surface area contributed by atoms with Crippen LogP contribution in [0.25, 0.3) is 0 Å². The van der Waals surface area contributed by atoms with E-state index in [4.69, 9.17) is 4.74 Å². The maximum absolute atomic E-state index is 13.3. The molecule has 0 aliphatic carbocycles. The van der Waals surface area contributed by atoms with Crippen LogP contribution in [0.4, 0.5) is 0 Å². The Labute approximate surface area is 183 Å². The highest BCUT2D eigenvalue weighted by molar-refractivity contribution is 7.12. The van der Waals surface area contributed by atoms with Gasteiger partial charge in [0.15, 0.2) is 0 Å². The van der Waals surface area contributed by atoms with Crippen LogP contribution in [0.1, 0.15) is 62.8 Å². The number of benzene rings is 2. The van der Waals surface area contributed by atoms with E-state index in [0.29, 0.717) is 6.61 Å². The van der Waals surface area contributed by atoms with Gasteiger partial charge in [0.05, 0.1) is 10.9 Å². The van der Waals surface area contributed by atoms with E-state index >= 15 is 0 Å². The maximum Gasteiger partial charge on any atom is 0.264 e. The van der Waals surface area contributed by atoms with E-state index in [0.717, 1.165) is 46.7 Å².